The van der Waals surface area contributed by atoms with Crippen LogP contribution in [-0.2, 0) is 14.3 Å². The maximum atomic E-state index is 12.2. The van der Waals surface area contributed by atoms with Crippen molar-refractivity contribution in [3.05, 3.63) is 72.0 Å². The van der Waals surface area contributed by atoms with E-state index in [1.165, 1.54) is 18.1 Å². The summed E-state index contributed by atoms with van der Waals surface area (Å²) in [5.41, 5.74) is 14.4. The van der Waals surface area contributed by atoms with E-state index in [4.69, 9.17) is 10.5 Å². The lowest BCUT2D eigenvalue weighted by atomic mass is 9.99. The summed E-state index contributed by atoms with van der Waals surface area (Å²) in [5.74, 6) is 0.737. The molecule has 0 fully saturated rings. The van der Waals surface area contributed by atoms with Gasteiger partial charge in [0, 0.05) is 37.4 Å². The molecule has 0 aromatic carbocycles. The molecule has 9 heteroatoms. The molecule has 0 aliphatic rings. The predicted octanol–water partition coefficient (Wildman–Crippen LogP) is 8.43. The maximum absolute atomic E-state index is 12.2. The molecule has 6 nitrogen and oxygen atoms in total. The van der Waals surface area contributed by atoms with E-state index in [1.54, 1.807) is 12.2 Å². The Labute approximate surface area is 279 Å². The van der Waals surface area contributed by atoms with Gasteiger partial charge in [-0.15, -0.1) is 0 Å². The number of hydrogen-bond acceptors (Lipinski definition) is 7. The van der Waals surface area contributed by atoms with Crippen LogP contribution in [0.4, 0.5) is 4.39 Å². The van der Waals surface area contributed by atoms with Crippen LogP contribution in [0.5, 0.6) is 0 Å². The highest BCUT2D eigenvalue weighted by Gasteiger charge is 2.04. The summed E-state index contributed by atoms with van der Waals surface area (Å²) in [5, 5.41) is 3.54. The number of nitrogens with two attached hydrogens (primary N) is 2. The Bertz CT molecular complexity index is 865. The zero-order valence-electron chi connectivity index (χ0n) is 28.9. The molecule has 1 atom stereocenters. The van der Waals surface area contributed by atoms with Gasteiger partial charge in [-0.3, -0.25) is 9.59 Å². The van der Waals surface area contributed by atoms with E-state index >= 15 is 0 Å². The number of hydrogen-bond donors (Lipinski definition) is 4. The zero-order valence-corrected chi connectivity index (χ0v) is 30.6. The molecule has 0 aromatic heterocycles. The number of carbonyl (C=O) groups excluding carboxylic acids is 2. The Morgan fingerprint density at radius 1 is 1.09 bits per heavy atom. The number of allylic oxidation sites excluding steroid dienone is 9. The van der Waals surface area contributed by atoms with Gasteiger partial charge in [-0.1, -0.05) is 49.1 Å². The van der Waals surface area contributed by atoms with Crippen LogP contribution in [0.3, 0.4) is 0 Å². The summed E-state index contributed by atoms with van der Waals surface area (Å²) in [4.78, 5) is 20.2. The van der Waals surface area contributed by atoms with Crippen LogP contribution in [0.15, 0.2) is 72.0 Å². The number of esters is 1. The average molecular weight is 658 g/mol. The van der Waals surface area contributed by atoms with E-state index in [0.717, 1.165) is 62.1 Å². The van der Waals surface area contributed by atoms with Crippen molar-refractivity contribution >= 4 is 36.3 Å². The van der Waals surface area contributed by atoms with Gasteiger partial charge < -0.3 is 21.5 Å². The molecule has 0 aromatic rings. The molecule has 0 unspecified atom stereocenters. The molecular formula is C35H64FN3O3S2. The second-order valence-corrected chi connectivity index (χ2v) is 11.9. The molecule has 1 amide bonds. The summed E-state index contributed by atoms with van der Waals surface area (Å²) in [6.45, 7) is 21.8. The Morgan fingerprint density at radius 3 is 2.16 bits per heavy atom. The van der Waals surface area contributed by atoms with Crippen LogP contribution < -0.4 is 16.8 Å². The number of primary amides is 1. The molecule has 0 aliphatic heterocycles. The number of halogens is 1. The Balaban J connectivity index is -0.000000258. The predicted molar refractivity (Wildman–Crippen MR) is 198 cm³/mol. The van der Waals surface area contributed by atoms with Crippen molar-refractivity contribution in [2.24, 2.45) is 11.5 Å². The number of nitrogens with one attached hydrogen (secondary N) is 1. The fraction of sp³-hybridized carbons (Fsp3) is 0.600. The summed E-state index contributed by atoms with van der Waals surface area (Å²) in [6, 6.07) is 0. The van der Waals surface area contributed by atoms with Crippen LogP contribution in [-0.4, -0.2) is 55.0 Å². The number of carbonyl (C=O) groups is 2. The van der Waals surface area contributed by atoms with Crippen LogP contribution in [0.1, 0.15) is 93.4 Å². The Morgan fingerprint density at radius 2 is 1.70 bits per heavy atom. The van der Waals surface area contributed by atoms with Crippen molar-refractivity contribution < 1.29 is 18.7 Å². The number of rotatable bonds is 19. The van der Waals surface area contributed by atoms with Gasteiger partial charge in [-0.2, -0.15) is 24.4 Å². The van der Waals surface area contributed by atoms with Gasteiger partial charge in [0.15, 0.2) is 0 Å². The van der Waals surface area contributed by atoms with Gasteiger partial charge in [0.25, 0.3) is 0 Å². The summed E-state index contributed by atoms with van der Waals surface area (Å²) >= 11 is 6.12. The number of amides is 1. The van der Waals surface area contributed by atoms with Crippen molar-refractivity contribution in [3.8, 4) is 0 Å². The second kappa shape index (κ2) is 37.0. The molecule has 0 bridgehead atoms. The number of alkyl halides is 1. The first-order valence-electron chi connectivity index (χ1n) is 15.3. The van der Waals surface area contributed by atoms with Gasteiger partial charge in [0.05, 0.1) is 6.10 Å². The number of thiol groups is 1. The molecule has 0 spiro atoms. The van der Waals surface area contributed by atoms with Crippen molar-refractivity contribution in [3.63, 3.8) is 0 Å². The molecule has 256 valence electrons. The first-order valence-corrected chi connectivity index (χ1v) is 17.2. The highest BCUT2D eigenvalue weighted by atomic mass is 32.2. The zero-order chi connectivity index (χ0) is 34.8. The molecule has 44 heavy (non-hydrogen) atoms. The monoisotopic (exact) mass is 657 g/mol. The maximum Gasteiger partial charge on any atom is 0.306 e. The first-order chi connectivity index (χ1) is 20.7. The number of ether oxygens (including phenoxy) is 1. The largest absolute Gasteiger partial charge is 0.463 e. The summed E-state index contributed by atoms with van der Waals surface area (Å²) in [7, 11) is 0. The Hall–Kier alpha value is -2.23. The van der Waals surface area contributed by atoms with Crippen molar-refractivity contribution in [1.29, 1.82) is 0 Å². The fourth-order valence-corrected chi connectivity index (χ4v) is 3.75. The van der Waals surface area contributed by atoms with E-state index in [2.05, 4.69) is 56.1 Å². The van der Waals surface area contributed by atoms with Gasteiger partial charge in [-0.25, -0.2) is 4.39 Å². The van der Waals surface area contributed by atoms with E-state index in [9.17, 15) is 14.0 Å². The van der Waals surface area contributed by atoms with Gasteiger partial charge in [-0.05, 0) is 109 Å². The SMILES string of the molecule is C=C(/C=C\C)NCCC[C@H](S)CN.C=C/C=C(CC/C(C)=C/C)\C(C)=C/CF.CC(N)=O.CSCCCCC(=O)OC(C)C. The quantitative estimate of drug-likeness (QED) is 0.0365. The second-order valence-electron chi connectivity index (χ2n) is 10.2. The minimum Gasteiger partial charge on any atom is -0.463 e. The van der Waals surface area contributed by atoms with Gasteiger partial charge in [0.1, 0.15) is 6.67 Å². The number of unbranched alkanes of at least 4 members (excludes halogenated alkanes) is 1. The third kappa shape index (κ3) is 44.2. The van der Waals surface area contributed by atoms with E-state index in [1.807, 2.05) is 64.6 Å². The van der Waals surface area contributed by atoms with Crippen LogP contribution in [0.25, 0.3) is 0 Å². The molecular weight excluding hydrogens is 594 g/mol. The number of thioether (sulfide) groups is 1. The van der Waals surface area contributed by atoms with Gasteiger partial charge in [0.2, 0.25) is 5.91 Å². The molecule has 0 saturated heterocycles. The molecule has 5 N–H and O–H groups in total. The van der Waals surface area contributed by atoms with Crippen LogP contribution in [0.2, 0.25) is 0 Å². The van der Waals surface area contributed by atoms with Crippen molar-refractivity contribution in [2.45, 2.75) is 105 Å². The van der Waals surface area contributed by atoms with Crippen molar-refractivity contribution in [1.82, 2.24) is 5.32 Å². The normalized spacial score (nSPS) is 12.1. The minimum atomic E-state index is -0.400. The standard InChI is InChI=1S/C14H21F.C10H20N2S.C9H18O2S.C2H5NO/c1-5-7-14(13(4)10-11-15)9-8-12(3)6-2;1-3-5-9(2)12-7-4-6-10(13)8-11;1-8(2)11-9(10)6-4-5-7-12-3;1-2(3)4/h5-7,10H,1,8-9,11H2,2-4H3;3,5,10,12-13H,2,4,6-8,11H2,1H3;8H,4-7H2,1-3H3;1H3,(H2,3,4)/b12-6+,13-10-,14-7-;5-3-;;/t;10-;;/m.0../s1. The van der Waals surface area contributed by atoms with E-state index in [0.29, 0.717) is 18.2 Å². The van der Waals surface area contributed by atoms with Crippen LogP contribution in [0, 0.1) is 0 Å². The lowest BCUT2D eigenvalue weighted by molar-refractivity contribution is -0.147. The molecule has 0 saturated carbocycles. The third-order valence-corrected chi connectivity index (χ3v) is 6.71. The summed E-state index contributed by atoms with van der Waals surface area (Å²) < 4.78 is 17.2. The van der Waals surface area contributed by atoms with E-state index in [-0.39, 0.29) is 18.0 Å². The smallest absolute Gasteiger partial charge is 0.306 e. The fourth-order valence-electron chi connectivity index (χ4n) is 3.08. The minimum absolute atomic E-state index is 0.0260. The molecule has 0 aliphatic carbocycles. The highest BCUT2D eigenvalue weighted by Crippen LogP contribution is 2.18. The molecule has 0 heterocycles. The lowest BCUT2D eigenvalue weighted by Gasteiger charge is -2.08. The highest BCUT2D eigenvalue weighted by molar-refractivity contribution is 7.98. The van der Waals surface area contributed by atoms with E-state index < -0.39 is 6.67 Å². The third-order valence-electron chi connectivity index (χ3n) is 5.54. The molecule has 0 radical (unpaired) electrons. The molecule has 0 rings (SSSR count). The lowest BCUT2D eigenvalue weighted by Crippen LogP contribution is -2.18. The Kier molecular flexibility index (Phi) is 40.9. The van der Waals surface area contributed by atoms with Gasteiger partial charge >= 0.3 is 5.97 Å². The van der Waals surface area contributed by atoms with Crippen molar-refractivity contribution in [2.75, 3.05) is 31.8 Å². The topological polar surface area (TPSA) is 107 Å². The van der Waals surface area contributed by atoms with Crippen LogP contribution >= 0.6 is 24.4 Å². The first kappa shape index (κ1) is 48.7. The average Bonchev–Trinajstić information content (AvgIpc) is 2.95. The summed E-state index contributed by atoms with van der Waals surface area (Å²) in [6.07, 6.45) is 20.2.